The fourth-order valence-corrected chi connectivity index (χ4v) is 6.60. The van der Waals surface area contributed by atoms with E-state index in [0.29, 0.717) is 13.0 Å². The molecule has 0 N–H and O–H groups in total. The number of hydrogen-bond donors (Lipinski definition) is 0. The summed E-state index contributed by atoms with van der Waals surface area (Å²) in [7, 11) is -3.01. The maximum atomic E-state index is 13.3. The number of sulfone groups is 1. The first-order valence-corrected chi connectivity index (χ1v) is 12.6. The highest BCUT2D eigenvalue weighted by atomic mass is 32.2. The zero-order valence-electron chi connectivity index (χ0n) is 16.9. The van der Waals surface area contributed by atoms with Crippen molar-refractivity contribution >= 4 is 21.7 Å². The predicted octanol–water partition coefficient (Wildman–Crippen LogP) is 0.947. The van der Waals surface area contributed by atoms with Crippen LogP contribution < -0.4 is 4.90 Å². The van der Waals surface area contributed by atoms with Gasteiger partial charge >= 0.3 is 0 Å². The van der Waals surface area contributed by atoms with E-state index in [1.165, 1.54) is 6.42 Å². The molecule has 2 aliphatic heterocycles. The van der Waals surface area contributed by atoms with Crippen LogP contribution in [0.2, 0.25) is 0 Å². The summed E-state index contributed by atoms with van der Waals surface area (Å²) in [6.07, 6.45) is 9.55. The number of rotatable bonds is 5. The molecule has 160 valence electrons. The minimum atomic E-state index is -3.01. The van der Waals surface area contributed by atoms with Gasteiger partial charge in [-0.25, -0.2) is 18.4 Å². The predicted molar refractivity (Wildman–Crippen MR) is 111 cm³/mol. The third-order valence-electron chi connectivity index (χ3n) is 6.42. The van der Waals surface area contributed by atoms with Crippen LogP contribution >= 0.6 is 0 Å². The molecule has 1 atom stereocenters. The molecule has 9 heteroatoms. The molecule has 3 aliphatic rings. The molecule has 1 aromatic rings. The molecule has 1 amide bonds. The number of amides is 1. The number of carbonyl (C=O) groups is 1. The van der Waals surface area contributed by atoms with Crippen LogP contribution in [-0.2, 0) is 14.6 Å². The third kappa shape index (κ3) is 5.06. The number of hydrogen-bond acceptors (Lipinski definition) is 7. The topological polar surface area (TPSA) is 86.7 Å². The molecule has 4 rings (SSSR count). The van der Waals surface area contributed by atoms with Gasteiger partial charge in [0.15, 0.2) is 9.84 Å². The molecule has 2 saturated heterocycles. The zero-order chi connectivity index (χ0) is 20.3. The van der Waals surface area contributed by atoms with Gasteiger partial charge < -0.3 is 9.80 Å². The Labute approximate surface area is 173 Å². The van der Waals surface area contributed by atoms with Crippen LogP contribution in [-0.4, -0.2) is 90.4 Å². The Morgan fingerprint density at radius 3 is 2.31 bits per heavy atom. The molecule has 1 aromatic heterocycles. The average molecular weight is 422 g/mol. The van der Waals surface area contributed by atoms with Crippen molar-refractivity contribution in [2.75, 3.05) is 49.1 Å². The summed E-state index contributed by atoms with van der Waals surface area (Å²) in [4.78, 5) is 28.2. The molecule has 3 fully saturated rings. The highest BCUT2D eigenvalue weighted by Crippen LogP contribution is 2.28. The molecule has 1 saturated carbocycles. The molecule has 0 radical (unpaired) electrons. The lowest BCUT2D eigenvalue weighted by Gasteiger charge is -2.40. The Bertz CT molecular complexity index is 790. The number of aromatic nitrogens is 2. The molecule has 3 heterocycles. The lowest BCUT2D eigenvalue weighted by molar-refractivity contribution is -0.137. The van der Waals surface area contributed by atoms with Crippen molar-refractivity contribution < 1.29 is 13.2 Å². The molecular formula is C20H31N5O3S. The molecule has 0 unspecified atom stereocenters. The summed E-state index contributed by atoms with van der Waals surface area (Å²) >= 11 is 0. The SMILES string of the molecule is O=C(CN1CCN(c2ncccn2)CC1)N(C1CCCCC1)[C@H]1CCS(=O)(=O)C1. The van der Waals surface area contributed by atoms with E-state index >= 15 is 0 Å². The summed E-state index contributed by atoms with van der Waals surface area (Å²) in [5.41, 5.74) is 0. The average Bonchev–Trinajstić information content (AvgIpc) is 3.09. The summed E-state index contributed by atoms with van der Waals surface area (Å²) in [6, 6.07) is 1.87. The minimum absolute atomic E-state index is 0.100. The molecule has 1 aliphatic carbocycles. The quantitative estimate of drug-likeness (QED) is 0.699. The Morgan fingerprint density at radius 2 is 1.69 bits per heavy atom. The summed E-state index contributed by atoms with van der Waals surface area (Å²) in [5.74, 6) is 1.18. The molecule has 8 nitrogen and oxygen atoms in total. The van der Waals surface area contributed by atoms with Gasteiger partial charge in [-0.15, -0.1) is 0 Å². The van der Waals surface area contributed by atoms with E-state index in [1.54, 1.807) is 12.4 Å². The van der Waals surface area contributed by atoms with Crippen LogP contribution in [0.5, 0.6) is 0 Å². The second kappa shape index (κ2) is 8.95. The van der Waals surface area contributed by atoms with Crippen molar-refractivity contribution in [3.8, 4) is 0 Å². The van der Waals surface area contributed by atoms with Crippen LogP contribution in [0.25, 0.3) is 0 Å². The smallest absolute Gasteiger partial charge is 0.237 e. The van der Waals surface area contributed by atoms with Gasteiger partial charge in [0.05, 0.1) is 18.1 Å². The minimum Gasteiger partial charge on any atom is -0.338 e. The first-order chi connectivity index (χ1) is 14.0. The molecule has 0 aromatic carbocycles. The number of piperazine rings is 1. The Kier molecular flexibility index (Phi) is 6.34. The number of nitrogens with zero attached hydrogens (tertiary/aromatic N) is 5. The summed E-state index contributed by atoms with van der Waals surface area (Å²) in [6.45, 7) is 3.52. The van der Waals surface area contributed by atoms with Crippen molar-refractivity contribution in [3.05, 3.63) is 18.5 Å². The van der Waals surface area contributed by atoms with Crippen LogP contribution in [0, 0.1) is 0 Å². The standard InChI is InChI=1S/C20H31N5O3S/c26-19(15-23-10-12-24(13-11-23)20-21-8-4-9-22-20)25(17-5-2-1-3-6-17)18-7-14-29(27,28)16-18/h4,8-9,17-18H,1-3,5-7,10-16H2/t18-/m0/s1. The van der Waals surface area contributed by atoms with Gasteiger partial charge in [0, 0.05) is 50.7 Å². The van der Waals surface area contributed by atoms with Gasteiger partial charge in [-0.3, -0.25) is 9.69 Å². The number of anilines is 1. The van der Waals surface area contributed by atoms with Gasteiger partial charge in [-0.1, -0.05) is 19.3 Å². The maximum absolute atomic E-state index is 13.3. The van der Waals surface area contributed by atoms with Crippen LogP contribution in [0.4, 0.5) is 5.95 Å². The lowest BCUT2D eigenvalue weighted by Crippen LogP contribution is -2.54. The fourth-order valence-electron chi connectivity index (χ4n) is 4.89. The first kappa shape index (κ1) is 20.5. The van der Waals surface area contributed by atoms with Gasteiger partial charge in [0.2, 0.25) is 11.9 Å². The highest BCUT2D eigenvalue weighted by Gasteiger charge is 2.39. The van der Waals surface area contributed by atoms with E-state index in [2.05, 4.69) is 19.8 Å². The summed E-state index contributed by atoms with van der Waals surface area (Å²) < 4.78 is 24.1. The third-order valence-corrected chi connectivity index (χ3v) is 8.17. The highest BCUT2D eigenvalue weighted by molar-refractivity contribution is 7.91. The van der Waals surface area contributed by atoms with E-state index < -0.39 is 9.84 Å². The largest absolute Gasteiger partial charge is 0.338 e. The van der Waals surface area contributed by atoms with Crippen molar-refractivity contribution in [1.82, 2.24) is 19.8 Å². The van der Waals surface area contributed by atoms with Crippen molar-refractivity contribution in [2.24, 2.45) is 0 Å². The Morgan fingerprint density at radius 1 is 1.00 bits per heavy atom. The normalized spacial score (nSPS) is 25.8. The monoisotopic (exact) mass is 421 g/mol. The lowest BCUT2D eigenvalue weighted by atomic mass is 9.92. The van der Waals surface area contributed by atoms with E-state index in [0.717, 1.165) is 57.8 Å². The van der Waals surface area contributed by atoms with Gasteiger partial charge in [0.25, 0.3) is 0 Å². The second-order valence-electron chi connectivity index (χ2n) is 8.46. The van der Waals surface area contributed by atoms with Crippen molar-refractivity contribution in [3.63, 3.8) is 0 Å². The molecule has 0 spiro atoms. The Balaban J connectivity index is 1.38. The van der Waals surface area contributed by atoms with E-state index in [-0.39, 0.29) is 29.5 Å². The fraction of sp³-hybridized carbons (Fsp3) is 0.750. The van der Waals surface area contributed by atoms with Gasteiger partial charge in [0.1, 0.15) is 0 Å². The maximum Gasteiger partial charge on any atom is 0.237 e. The van der Waals surface area contributed by atoms with E-state index in [9.17, 15) is 13.2 Å². The van der Waals surface area contributed by atoms with Crippen molar-refractivity contribution in [2.45, 2.75) is 50.6 Å². The van der Waals surface area contributed by atoms with Crippen LogP contribution in [0.15, 0.2) is 18.5 Å². The second-order valence-corrected chi connectivity index (χ2v) is 10.7. The van der Waals surface area contributed by atoms with Crippen LogP contribution in [0.1, 0.15) is 38.5 Å². The summed E-state index contributed by atoms with van der Waals surface area (Å²) in [5, 5.41) is 0. The molecular weight excluding hydrogens is 390 g/mol. The van der Waals surface area contributed by atoms with E-state index in [1.807, 2.05) is 11.0 Å². The zero-order valence-corrected chi connectivity index (χ0v) is 17.8. The molecule has 29 heavy (non-hydrogen) atoms. The van der Waals surface area contributed by atoms with Crippen molar-refractivity contribution in [1.29, 1.82) is 0 Å². The number of carbonyl (C=O) groups excluding carboxylic acids is 1. The first-order valence-electron chi connectivity index (χ1n) is 10.8. The van der Waals surface area contributed by atoms with Gasteiger partial charge in [-0.2, -0.15) is 0 Å². The van der Waals surface area contributed by atoms with E-state index in [4.69, 9.17) is 0 Å². The van der Waals surface area contributed by atoms with Crippen LogP contribution in [0.3, 0.4) is 0 Å². The molecule has 0 bridgehead atoms. The Hall–Kier alpha value is -1.74. The van der Waals surface area contributed by atoms with Gasteiger partial charge in [-0.05, 0) is 25.3 Å².